The Balaban J connectivity index is 1.76. The van der Waals surface area contributed by atoms with Crippen molar-refractivity contribution in [2.24, 2.45) is 5.41 Å². The number of hydrogen-bond donors (Lipinski definition) is 2. The van der Waals surface area contributed by atoms with E-state index in [1.54, 1.807) is 6.92 Å². The van der Waals surface area contributed by atoms with Crippen LogP contribution in [0, 0.1) is 5.41 Å². The minimum Gasteiger partial charge on any atom is -0.342 e. The number of amides is 1. The van der Waals surface area contributed by atoms with E-state index in [4.69, 9.17) is 23.2 Å². The number of aromatic amines is 1. The zero-order chi connectivity index (χ0) is 16.0. The van der Waals surface area contributed by atoms with Gasteiger partial charge in [-0.3, -0.25) is 4.79 Å². The molecule has 1 amide bonds. The van der Waals surface area contributed by atoms with Gasteiger partial charge in [0.2, 0.25) is 5.91 Å². The maximum Gasteiger partial charge on any atom is 0.233 e. The van der Waals surface area contributed by atoms with Gasteiger partial charge in [-0.2, -0.15) is 0 Å². The van der Waals surface area contributed by atoms with E-state index in [1.165, 1.54) is 0 Å². The van der Waals surface area contributed by atoms with E-state index in [0.717, 1.165) is 41.8 Å². The Hall–Kier alpha value is -1.26. The van der Waals surface area contributed by atoms with Crippen molar-refractivity contribution in [1.29, 1.82) is 0 Å². The van der Waals surface area contributed by atoms with Crippen LogP contribution < -0.4 is 5.32 Å². The summed E-state index contributed by atoms with van der Waals surface area (Å²) >= 11 is 12.1. The van der Waals surface area contributed by atoms with Crippen molar-refractivity contribution in [1.82, 2.24) is 9.97 Å². The lowest BCUT2D eigenvalue weighted by Gasteiger charge is -2.12. The van der Waals surface area contributed by atoms with Gasteiger partial charge in [-0.15, -0.1) is 23.2 Å². The van der Waals surface area contributed by atoms with Crippen LogP contribution in [0.4, 0.5) is 5.69 Å². The number of rotatable bonds is 5. The molecule has 1 aromatic carbocycles. The van der Waals surface area contributed by atoms with Crippen molar-refractivity contribution in [2.75, 3.05) is 5.32 Å². The van der Waals surface area contributed by atoms with E-state index < -0.39 is 9.75 Å². The van der Waals surface area contributed by atoms with Gasteiger partial charge in [-0.25, -0.2) is 4.98 Å². The summed E-state index contributed by atoms with van der Waals surface area (Å²) in [7, 11) is 0. The Labute approximate surface area is 139 Å². The second-order valence-corrected chi connectivity index (χ2v) is 7.67. The maximum atomic E-state index is 12.3. The first-order valence-electron chi connectivity index (χ1n) is 7.54. The molecule has 0 aliphatic heterocycles. The van der Waals surface area contributed by atoms with Crippen LogP contribution in [0.25, 0.3) is 11.0 Å². The number of hydrogen-bond acceptors (Lipinski definition) is 2. The van der Waals surface area contributed by atoms with Gasteiger partial charge < -0.3 is 10.3 Å². The topological polar surface area (TPSA) is 57.8 Å². The second kappa shape index (κ2) is 5.43. The average molecular weight is 340 g/mol. The lowest BCUT2D eigenvalue weighted by atomic mass is 10.1. The molecule has 0 radical (unpaired) electrons. The largest absolute Gasteiger partial charge is 0.342 e. The smallest absolute Gasteiger partial charge is 0.233 e. The van der Waals surface area contributed by atoms with Gasteiger partial charge >= 0.3 is 0 Å². The van der Waals surface area contributed by atoms with E-state index in [9.17, 15) is 4.79 Å². The Morgan fingerprint density at radius 3 is 2.82 bits per heavy atom. The van der Waals surface area contributed by atoms with E-state index >= 15 is 0 Å². The summed E-state index contributed by atoms with van der Waals surface area (Å²) in [6.07, 6.45) is 3.65. The number of carbonyl (C=O) groups is 1. The Morgan fingerprint density at radius 1 is 1.45 bits per heavy atom. The Bertz CT molecular complexity index is 725. The van der Waals surface area contributed by atoms with Gasteiger partial charge in [0, 0.05) is 12.1 Å². The molecule has 0 spiro atoms. The molecule has 1 aliphatic rings. The van der Waals surface area contributed by atoms with Crippen LogP contribution in [0.5, 0.6) is 0 Å². The number of imidazole rings is 1. The van der Waals surface area contributed by atoms with E-state index in [0.29, 0.717) is 6.42 Å². The number of benzene rings is 1. The summed E-state index contributed by atoms with van der Waals surface area (Å²) in [5.41, 5.74) is 1.84. The number of unbranched alkanes of at least 4 members (excludes halogenated alkanes) is 1. The minimum atomic E-state index is -0.956. The number of nitrogens with zero attached hydrogens (tertiary/aromatic N) is 1. The first kappa shape index (κ1) is 15.6. The lowest BCUT2D eigenvalue weighted by molar-refractivity contribution is -0.120. The highest BCUT2D eigenvalue weighted by molar-refractivity contribution is 6.53. The molecule has 4 nitrogen and oxygen atoms in total. The van der Waals surface area contributed by atoms with Crippen LogP contribution in [0.2, 0.25) is 0 Å². The quantitative estimate of drug-likeness (QED) is 0.791. The van der Waals surface area contributed by atoms with Gasteiger partial charge in [-0.1, -0.05) is 13.3 Å². The summed E-state index contributed by atoms with van der Waals surface area (Å²) in [4.78, 5) is 20.1. The molecule has 1 aromatic heterocycles. The van der Waals surface area contributed by atoms with Crippen LogP contribution >= 0.6 is 23.2 Å². The summed E-state index contributed by atoms with van der Waals surface area (Å²) in [5, 5.41) is 2.89. The fourth-order valence-electron chi connectivity index (χ4n) is 2.52. The van der Waals surface area contributed by atoms with Crippen LogP contribution in [-0.4, -0.2) is 20.2 Å². The molecular formula is C16H19Cl2N3O. The summed E-state index contributed by atoms with van der Waals surface area (Å²) in [6.45, 7) is 3.93. The summed E-state index contributed by atoms with van der Waals surface area (Å²) in [5.74, 6) is 0.831. The first-order valence-corrected chi connectivity index (χ1v) is 8.29. The van der Waals surface area contributed by atoms with Crippen molar-refractivity contribution < 1.29 is 4.79 Å². The SMILES string of the molecule is CCCCc1nc2ccc(NC(=O)C3(C)CC3(Cl)Cl)cc2[nH]1. The third kappa shape index (κ3) is 2.70. The predicted octanol–water partition coefficient (Wildman–Crippen LogP) is 4.43. The molecule has 118 valence electrons. The molecule has 3 rings (SSSR count). The van der Waals surface area contributed by atoms with Crippen LogP contribution in [0.1, 0.15) is 38.9 Å². The van der Waals surface area contributed by atoms with Gasteiger partial charge in [0.05, 0.1) is 16.4 Å². The lowest BCUT2D eigenvalue weighted by Crippen LogP contribution is -2.25. The highest BCUT2D eigenvalue weighted by Crippen LogP contribution is 2.64. The number of H-pyrrole nitrogens is 1. The molecule has 1 aliphatic carbocycles. The highest BCUT2D eigenvalue weighted by Gasteiger charge is 2.67. The van der Waals surface area contributed by atoms with Crippen molar-refractivity contribution >= 4 is 45.8 Å². The van der Waals surface area contributed by atoms with Crippen molar-refractivity contribution in [3.05, 3.63) is 24.0 Å². The number of fused-ring (bicyclic) bond motifs is 1. The van der Waals surface area contributed by atoms with Crippen LogP contribution in [-0.2, 0) is 11.2 Å². The average Bonchev–Trinajstić information content (AvgIpc) is 2.83. The zero-order valence-electron chi connectivity index (χ0n) is 12.7. The van der Waals surface area contributed by atoms with Crippen LogP contribution in [0.3, 0.4) is 0 Å². The molecule has 0 saturated heterocycles. The second-order valence-electron chi connectivity index (χ2n) is 6.19. The summed E-state index contributed by atoms with van der Waals surface area (Å²) in [6, 6.07) is 5.65. The first-order chi connectivity index (χ1) is 10.4. The van der Waals surface area contributed by atoms with Gasteiger partial charge in [-0.05, 0) is 38.0 Å². The number of nitrogens with one attached hydrogen (secondary N) is 2. The predicted molar refractivity (Wildman–Crippen MR) is 90.5 cm³/mol. The van der Waals surface area contributed by atoms with E-state index in [-0.39, 0.29) is 5.91 Å². The van der Waals surface area contributed by atoms with Crippen molar-refractivity contribution in [3.8, 4) is 0 Å². The molecule has 2 aromatic rings. The minimum absolute atomic E-state index is 0.150. The molecule has 1 unspecified atom stereocenters. The number of aryl methyl sites for hydroxylation is 1. The molecule has 1 fully saturated rings. The van der Waals surface area contributed by atoms with E-state index in [1.807, 2.05) is 18.2 Å². The molecule has 2 N–H and O–H groups in total. The van der Waals surface area contributed by atoms with Crippen molar-refractivity contribution in [3.63, 3.8) is 0 Å². The number of anilines is 1. The number of alkyl halides is 2. The number of carbonyl (C=O) groups excluding carboxylic acids is 1. The maximum absolute atomic E-state index is 12.3. The number of halogens is 2. The molecule has 1 atom stereocenters. The van der Waals surface area contributed by atoms with Crippen molar-refractivity contribution in [2.45, 2.75) is 43.9 Å². The van der Waals surface area contributed by atoms with Gasteiger partial charge in [0.15, 0.2) is 0 Å². The highest BCUT2D eigenvalue weighted by atomic mass is 35.5. The third-order valence-corrected chi connectivity index (χ3v) is 5.42. The molecule has 1 saturated carbocycles. The number of aromatic nitrogens is 2. The normalized spacial score (nSPS) is 22.7. The molecular weight excluding hydrogens is 321 g/mol. The fourth-order valence-corrected chi connectivity index (χ4v) is 3.22. The summed E-state index contributed by atoms with van der Waals surface area (Å²) < 4.78 is -0.956. The van der Waals surface area contributed by atoms with Gasteiger partial charge in [0.1, 0.15) is 10.2 Å². The molecule has 6 heteroatoms. The monoisotopic (exact) mass is 339 g/mol. The molecule has 1 heterocycles. The van der Waals surface area contributed by atoms with Gasteiger partial charge in [0.25, 0.3) is 0 Å². The molecule has 22 heavy (non-hydrogen) atoms. The zero-order valence-corrected chi connectivity index (χ0v) is 14.2. The Kier molecular flexibility index (Phi) is 3.86. The van der Waals surface area contributed by atoms with Crippen LogP contribution in [0.15, 0.2) is 18.2 Å². The Morgan fingerprint density at radius 2 is 2.18 bits per heavy atom. The standard InChI is InChI=1S/C16H19Cl2N3O/c1-3-4-5-13-20-11-7-6-10(8-12(11)21-13)19-14(22)15(2)9-16(15,17)18/h6-8H,3-5,9H2,1-2H3,(H,19,22)(H,20,21). The van der Waals surface area contributed by atoms with E-state index in [2.05, 4.69) is 22.2 Å². The molecule has 0 bridgehead atoms. The fraction of sp³-hybridized carbons (Fsp3) is 0.500. The third-order valence-electron chi connectivity index (χ3n) is 4.31.